The lowest BCUT2D eigenvalue weighted by Gasteiger charge is -2.30. The van der Waals surface area contributed by atoms with Gasteiger partial charge >= 0.3 is 0 Å². The van der Waals surface area contributed by atoms with Crippen LogP contribution in [0.25, 0.3) is 0 Å². The fourth-order valence-electron chi connectivity index (χ4n) is 2.49. The maximum Gasteiger partial charge on any atom is 0.226 e. The summed E-state index contributed by atoms with van der Waals surface area (Å²) in [5.41, 5.74) is 5.55. The van der Waals surface area contributed by atoms with Crippen molar-refractivity contribution < 1.29 is 4.79 Å². The van der Waals surface area contributed by atoms with Crippen LogP contribution >= 0.6 is 0 Å². The minimum atomic E-state index is -0.0185. The molecule has 0 aromatic heterocycles. The minimum Gasteiger partial charge on any atom is -0.342 e. The van der Waals surface area contributed by atoms with E-state index >= 15 is 0 Å². The Morgan fingerprint density at radius 1 is 1.33 bits per heavy atom. The second-order valence-electron chi connectivity index (χ2n) is 5.25. The molecule has 15 heavy (non-hydrogen) atoms. The van der Waals surface area contributed by atoms with E-state index in [0.29, 0.717) is 12.6 Å². The Morgan fingerprint density at radius 2 is 1.80 bits per heavy atom. The van der Waals surface area contributed by atoms with Crippen LogP contribution in [0.3, 0.4) is 0 Å². The van der Waals surface area contributed by atoms with Gasteiger partial charge in [0.2, 0.25) is 5.91 Å². The third-order valence-electron chi connectivity index (χ3n) is 3.78. The van der Waals surface area contributed by atoms with Crippen molar-refractivity contribution in [2.45, 2.75) is 38.6 Å². The van der Waals surface area contributed by atoms with Crippen LogP contribution in [0.15, 0.2) is 0 Å². The molecule has 1 atom stereocenters. The van der Waals surface area contributed by atoms with Gasteiger partial charge in [0.1, 0.15) is 0 Å². The van der Waals surface area contributed by atoms with E-state index in [4.69, 9.17) is 5.73 Å². The van der Waals surface area contributed by atoms with Crippen molar-refractivity contribution in [2.24, 2.45) is 23.5 Å². The summed E-state index contributed by atoms with van der Waals surface area (Å²) in [6.07, 6.45) is 5.26. The molecular weight excluding hydrogens is 188 g/mol. The summed E-state index contributed by atoms with van der Waals surface area (Å²) >= 11 is 0. The minimum absolute atomic E-state index is 0.0185. The van der Waals surface area contributed by atoms with E-state index in [1.165, 1.54) is 25.7 Å². The third-order valence-corrected chi connectivity index (χ3v) is 3.78. The average Bonchev–Trinajstić information content (AvgIpc) is 3.07. The molecule has 1 unspecified atom stereocenters. The average molecular weight is 210 g/mol. The summed E-state index contributed by atoms with van der Waals surface area (Å²) in [6, 6.07) is 0.520. The number of amides is 1. The Labute approximate surface area is 92.0 Å². The zero-order valence-electron chi connectivity index (χ0n) is 9.78. The Hall–Kier alpha value is -0.570. The van der Waals surface area contributed by atoms with Crippen molar-refractivity contribution in [3.8, 4) is 0 Å². The molecule has 0 heterocycles. The van der Waals surface area contributed by atoms with Crippen molar-refractivity contribution in [1.82, 2.24) is 4.90 Å². The molecule has 2 saturated carbocycles. The van der Waals surface area contributed by atoms with Gasteiger partial charge in [-0.3, -0.25) is 4.79 Å². The molecule has 2 aliphatic carbocycles. The molecule has 0 spiro atoms. The lowest BCUT2D eigenvalue weighted by Crippen LogP contribution is -2.44. The molecule has 0 bridgehead atoms. The second-order valence-corrected chi connectivity index (χ2v) is 5.25. The highest BCUT2D eigenvalue weighted by atomic mass is 16.2. The summed E-state index contributed by atoms with van der Waals surface area (Å²) in [4.78, 5) is 14.0. The number of rotatable bonds is 5. The lowest BCUT2D eigenvalue weighted by atomic mass is 10.0. The molecule has 3 heteroatoms. The highest BCUT2D eigenvalue weighted by Crippen LogP contribution is 2.47. The molecule has 0 saturated heterocycles. The second kappa shape index (κ2) is 4.12. The molecule has 2 fully saturated rings. The Bertz CT molecular complexity index is 234. The topological polar surface area (TPSA) is 46.3 Å². The molecule has 1 amide bonds. The SMILES string of the molecule is CC(CN)C(=O)N(C)C(C1CC1)C1CC1. The molecule has 2 aliphatic rings. The number of nitrogens with zero attached hydrogens (tertiary/aromatic N) is 1. The van der Waals surface area contributed by atoms with Gasteiger partial charge in [-0.15, -0.1) is 0 Å². The van der Waals surface area contributed by atoms with Crippen LogP contribution in [0.5, 0.6) is 0 Å². The van der Waals surface area contributed by atoms with E-state index in [1.807, 2.05) is 18.9 Å². The highest BCUT2D eigenvalue weighted by molar-refractivity contribution is 5.78. The quantitative estimate of drug-likeness (QED) is 0.742. The molecule has 2 N–H and O–H groups in total. The normalized spacial score (nSPS) is 22.9. The summed E-state index contributed by atoms with van der Waals surface area (Å²) < 4.78 is 0. The van der Waals surface area contributed by atoms with E-state index in [9.17, 15) is 4.79 Å². The van der Waals surface area contributed by atoms with Crippen LogP contribution in [0, 0.1) is 17.8 Å². The predicted octanol–water partition coefficient (Wildman–Crippen LogP) is 1.23. The van der Waals surface area contributed by atoms with Crippen LogP contribution in [-0.2, 0) is 4.79 Å². The zero-order chi connectivity index (χ0) is 11.0. The first-order valence-corrected chi connectivity index (χ1v) is 6.12. The van der Waals surface area contributed by atoms with Crippen molar-refractivity contribution in [1.29, 1.82) is 0 Å². The van der Waals surface area contributed by atoms with E-state index in [0.717, 1.165) is 11.8 Å². The molecule has 86 valence electrons. The van der Waals surface area contributed by atoms with Crippen LogP contribution in [0.2, 0.25) is 0 Å². The molecule has 0 aromatic rings. The Kier molecular flexibility index (Phi) is 3.01. The van der Waals surface area contributed by atoms with Gasteiger partial charge in [0.05, 0.1) is 0 Å². The van der Waals surface area contributed by atoms with Gasteiger partial charge in [-0.25, -0.2) is 0 Å². The predicted molar refractivity (Wildman–Crippen MR) is 60.2 cm³/mol. The maximum absolute atomic E-state index is 12.0. The van der Waals surface area contributed by atoms with Crippen molar-refractivity contribution in [2.75, 3.05) is 13.6 Å². The van der Waals surface area contributed by atoms with Gasteiger partial charge in [0, 0.05) is 25.6 Å². The molecule has 0 aromatic carbocycles. The molecule has 2 rings (SSSR count). The van der Waals surface area contributed by atoms with Gasteiger partial charge < -0.3 is 10.6 Å². The molecule has 0 radical (unpaired) electrons. The Morgan fingerprint density at radius 3 is 2.13 bits per heavy atom. The number of carbonyl (C=O) groups is 1. The summed E-state index contributed by atoms with van der Waals surface area (Å²) in [5, 5.41) is 0. The zero-order valence-corrected chi connectivity index (χ0v) is 9.78. The molecule has 3 nitrogen and oxygen atoms in total. The standard InChI is InChI=1S/C12H22N2O/c1-8(7-13)12(15)14(2)11(9-3-4-9)10-5-6-10/h8-11H,3-7,13H2,1-2H3. The smallest absolute Gasteiger partial charge is 0.226 e. The Balaban J connectivity index is 1.97. The van der Waals surface area contributed by atoms with Gasteiger partial charge in [-0.05, 0) is 37.5 Å². The van der Waals surface area contributed by atoms with Crippen molar-refractivity contribution in [3.05, 3.63) is 0 Å². The van der Waals surface area contributed by atoms with E-state index < -0.39 is 0 Å². The summed E-state index contributed by atoms with van der Waals surface area (Å²) in [7, 11) is 1.97. The lowest BCUT2D eigenvalue weighted by molar-refractivity contribution is -0.136. The van der Waals surface area contributed by atoms with Gasteiger partial charge in [0.25, 0.3) is 0 Å². The number of carbonyl (C=O) groups excluding carboxylic acids is 1. The summed E-state index contributed by atoms with van der Waals surface area (Å²) in [5.74, 6) is 1.80. The van der Waals surface area contributed by atoms with Crippen LogP contribution in [-0.4, -0.2) is 30.4 Å². The monoisotopic (exact) mass is 210 g/mol. The van der Waals surface area contributed by atoms with E-state index in [-0.39, 0.29) is 11.8 Å². The van der Waals surface area contributed by atoms with Crippen molar-refractivity contribution in [3.63, 3.8) is 0 Å². The van der Waals surface area contributed by atoms with Gasteiger partial charge in [0.15, 0.2) is 0 Å². The maximum atomic E-state index is 12.0. The van der Waals surface area contributed by atoms with Gasteiger partial charge in [-0.2, -0.15) is 0 Å². The highest BCUT2D eigenvalue weighted by Gasteiger charge is 2.45. The van der Waals surface area contributed by atoms with Crippen LogP contribution < -0.4 is 5.73 Å². The third kappa shape index (κ3) is 2.33. The van der Waals surface area contributed by atoms with Gasteiger partial charge in [-0.1, -0.05) is 6.92 Å². The first-order chi connectivity index (χ1) is 7.15. The number of hydrogen-bond acceptors (Lipinski definition) is 2. The van der Waals surface area contributed by atoms with Crippen LogP contribution in [0.4, 0.5) is 0 Å². The first-order valence-electron chi connectivity index (χ1n) is 6.12. The van der Waals surface area contributed by atoms with Crippen LogP contribution in [0.1, 0.15) is 32.6 Å². The molecular formula is C12H22N2O. The number of hydrogen-bond donors (Lipinski definition) is 1. The fourth-order valence-corrected chi connectivity index (χ4v) is 2.49. The van der Waals surface area contributed by atoms with E-state index in [2.05, 4.69) is 0 Å². The summed E-state index contributed by atoms with van der Waals surface area (Å²) in [6.45, 7) is 2.39. The first kappa shape index (κ1) is 10.9. The molecule has 0 aliphatic heterocycles. The van der Waals surface area contributed by atoms with Crippen molar-refractivity contribution >= 4 is 5.91 Å². The van der Waals surface area contributed by atoms with E-state index in [1.54, 1.807) is 0 Å². The number of nitrogens with two attached hydrogens (primary N) is 1. The largest absolute Gasteiger partial charge is 0.342 e. The fraction of sp³-hybridized carbons (Fsp3) is 0.917.